The van der Waals surface area contributed by atoms with Crippen LogP contribution >= 0.6 is 47.0 Å². The Hall–Kier alpha value is -1.60. The maximum absolute atomic E-state index is 6.14. The zero-order valence-electron chi connectivity index (χ0n) is 30.5. The Labute approximate surface area is 333 Å². The minimum absolute atomic E-state index is 0.503. The minimum Gasteiger partial charge on any atom is -0.377 e. The highest BCUT2D eigenvalue weighted by molar-refractivity contribution is 8.36. The van der Waals surface area contributed by atoms with E-state index in [1.165, 1.54) is 60.1 Å². The van der Waals surface area contributed by atoms with Gasteiger partial charge in [0.25, 0.3) is 0 Å². The first-order valence-corrected chi connectivity index (χ1v) is 21.7. The molecule has 54 heavy (non-hydrogen) atoms. The van der Waals surface area contributed by atoms with Crippen molar-refractivity contribution in [3.63, 3.8) is 0 Å². The van der Waals surface area contributed by atoms with Crippen LogP contribution in [0, 0.1) is 0 Å². The highest BCUT2D eigenvalue weighted by atomic mass is 32.2. The second-order valence-electron chi connectivity index (χ2n) is 12.4. The van der Waals surface area contributed by atoms with E-state index in [0.29, 0.717) is 132 Å². The van der Waals surface area contributed by atoms with Crippen LogP contribution in [0.25, 0.3) is 30.0 Å². The first-order valence-electron chi connectivity index (χ1n) is 18.5. The molecule has 0 aliphatic carbocycles. The molecule has 3 aromatic carbocycles. The molecule has 0 aromatic heterocycles. The van der Waals surface area contributed by atoms with Crippen molar-refractivity contribution in [2.45, 2.75) is 0 Å². The molecular weight excluding hydrogens is 769 g/mol. The summed E-state index contributed by atoms with van der Waals surface area (Å²) in [6.45, 7) is 10.5. The Bertz CT molecular complexity index is 1630. The van der Waals surface area contributed by atoms with Crippen LogP contribution < -0.4 is 10.4 Å². The van der Waals surface area contributed by atoms with E-state index in [1.807, 2.05) is 0 Å². The lowest BCUT2D eigenvalue weighted by Crippen LogP contribution is -2.17. The van der Waals surface area contributed by atoms with Crippen LogP contribution in [-0.2, 0) is 47.4 Å². The maximum Gasteiger partial charge on any atom is 0.0789 e. The molecule has 0 N–H and O–H groups in total. The second-order valence-corrected chi connectivity index (χ2v) is 17.3. The number of benzene rings is 3. The molecular formula is C40H48O10S4. The van der Waals surface area contributed by atoms with Gasteiger partial charge in [-0.2, -0.15) is 0 Å². The van der Waals surface area contributed by atoms with Gasteiger partial charge in [0.2, 0.25) is 0 Å². The van der Waals surface area contributed by atoms with Crippen molar-refractivity contribution in [3.05, 3.63) is 78.6 Å². The summed E-state index contributed by atoms with van der Waals surface area (Å²) in [5.74, 6) is 0. The lowest BCUT2D eigenvalue weighted by atomic mass is 9.99. The first kappa shape index (κ1) is 40.6. The van der Waals surface area contributed by atoms with Gasteiger partial charge in [0.1, 0.15) is 0 Å². The van der Waals surface area contributed by atoms with Gasteiger partial charge < -0.3 is 47.4 Å². The van der Waals surface area contributed by atoms with Crippen LogP contribution in [0.2, 0.25) is 0 Å². The van der Waals surface area contributed by atoms with Crippen molar-refractivity contribution in [2.75, 3.05) is 132 Å². The molecule has 4 heterocycles. The molecule has 0 saturated carbocycles. The Morgan fingerprint density at radius 3 is 0.704 bits per heavy atom. The Balaban J connectivity index is 1.20. The molecule has 0 spiro atoms. The van der Waals surface area contributed by atoms with Crippen molar-refractivity contribution >= 4 is 77.1 Å². The summed E-state index contributed by atoms with van der Waals surface area (Å²) in [5, 5.41) is 7.37. The summed E-state index contributed by atoms with van der Waals surface area (Å²) in [6.07, 6.45) is 0. The summed E-state index contributed by atoms with van der Waals surface area (Å²) < 4.78 is 61.0. The number of thioether (sulfide) groups is 4. The van der Waals surface area contributed by atoms with E-state index < -0.39 is 0 Å². The smallest absolute Gasteiger partial charge is 0.0789 e. The number of hydrogen-bond donors (Lipinski definition) is 0. The number of hydrogen-bond acceptors (Lipinski definition) is 14. The lowest BCUT2D eigenvalue weighted by molar-refractivity contribution is -0.00677. The lowest BCUT2D eigenvalue weighted by Gasteiger charge is -2.12. The van der Waals surface area contributed by atoms with E-state index in [0.717, 1.165) is 0 Å². The van der Waals surface area contributed by atoms with Crippen molar-refractivity contribution in [3.8, 4) is 0 Å². The van der Waals surface area contributed by atoms with Gasteiger partial charge in [-0.25, -0.2) is 0 Å². The Kier molecular flexibility index (Phi) is 16.8. The van der Waals surface area contributed by atoms with Crippen LogP contribution in [0.15, 0.2) is 68.2 Å². The van der Waals surface area contributed by atoms with E-state index in [4.69, 9.17) is 47.4 Å². The minimum atomic E-state index is 0.503. The SMILES string of the molecule is c1ccc2c(=C3SC4=C(COCCOCCOCCOCCOC4)S3)c3ccccc3c(=C3SC4=C(COCCOCCOCCOCCOC4)S3)c2c1. The van der Waals surface area contributed by atoms with Crippen molar-refractivity contribution in [2.24, 2.45) is 0 Å². The number of fused-ring (bicyclic) bond motifs is 2. The van der Waals surface area contributed by atoms with Gasteiger partial charge in [0, 0.05) is 30.1 Å². The molecule has 3 aromatic rings. The summed E-state index contributed by atoms with van der Waals surface area (Å²) in [4.78, 5) is 4.71. The molecule has 0 radical (unpaired) electrons. The van der Waals surface area contributed by atoms with Crippen molar-refractivity contribution in [1.82, 2.24) is 0 Å². The predicted molar refractivity (Wildman–Crippen MR) is 220 cm³/mol. The normalized spacial score (nSPS) is 22.3. The topological polar surface area (TPSA) is 92.3 Å². The summed E-state index contributed by atoms with van der Waals surface area (Å²) >= 11 is 7.19. The van der Waals surface area contributed by atoms with Crippen molar-refractivity contribution < 1.29 is 47.4 Å². The highest BCUT2D eigenvalue weighted by Gasteiger charge is 2.26. The van der Waals surface area contributed by atoms with Crippen LogP contribution in [0.3, 0.4) is 0 Å². The van der Waals surface area contributed by atoms with Crippen LogP contribution in [0.5, 0.6) is 0 Å². The molecule has 0 unspecified atom stereocenters. The largest absolute Gasteiger partial charge is 0.377 e. The monoisotopic (exact) mass is 816 g/mol. The van der Waals surface area contributed by atoms with E-state index in [2.05, 4.69) is 48.5 Å². The van der Waals surface area contributed by atoms with Crippen LogP contribution in [0.1, 0.15) is 0 Å². The zero-order chi connectivity index (χ0) is 36.6. The molecule has 7 rings (SSSR count). The van der Waals surface area contributed by atoms with Gasteiger partial charge in [-0.1, -0.05) is 95.6 Å². The van der Waals surface area contributed by atoms with Gasteiger partial charge >= 0.3 is 0 Å². The van der Waals surface area contributed by atoms with Gasteiger partial charge in [0.05, 0.1) is 141 Å². The number of ether oxygens (including phenoxy) is 10. The van der Waals surface area contributed by atoms with E-state index in [-0.39, 0.29) is 0 Å². The molecule has 10 nitrogen and oxygen atoms in total. The molecule has 292 valence electrons. The van der Waals surface area contributed by atoms with Gasteiger partial charge in [-0.05, 0) is 21.5 Å². The third kappa shape index (κ3) is 11.3. The zero-order valence-corrected chi connectivity index (χ0v) is 33.7. The fraction of sp³-hybridized carbons (Fsp3) is 0.500. The third-order valence-electron chi connectivity index (χ3n) is 8.73. The fourth-order valence-corrected chi connectivity index (χ4v) is 11.6. The quantitative estimate of drug-likeness (QED) is 0.260. The predicted octanol–water partition coefficient (Wildman–Crippen LogP) is 5.70. The maximum atomic E-state index is 6.14. The van der Waals surface area contributed by atoms with Crippen molar-refractivity contribution in [1.29, 1.82) is 0 Å². The van der Waals surface area contributed by atoms with Crippen LogP contribution in [-0.4, -0.2) is 132 Å². The average molecular weight is 817 g/mol. The van der Waals surface area contributed by atoms with Gasteiger partial charge in [-0.3, -0.25) is 0 Å². The van der Waals surface area contributed by atoms with Crippen LogP contribution in [0.4, 0.5) is 0 Å². The third-order valence-corrected chi connectivity index (χ3v) is 14.0. The molecule has 0 saturated heterocycles. The highest BCUT2D eigenvalue weighted by Crippen LogP contribution is 2.52. The van der Waals surface area contributed by atoms with Gasteiger partial charge in [0.15, 0.2) is 0 Å². The average Bonchev–Trinajstić information content (AvgIpc) is 3.79. The molecule has 4 aliphatic rings. The fourth-order valence-electron chi connectivity index (χ4n) is 6.14. The van der Waals surface area contributed by atoms with E-state index >= 15 is 0 Å². The summed E-state index contributed by atoms with van der Waals surface area (Å²) in [6, 6.07) is 17.6. The second kappa shape index (κ2) is 22.4. The molecule has 0 atom stereocenters. The number of rotatable bonds is 0. The first-order chi connectivity index (χ1) is 26.9. The molecule has 0 bridgehead atoms. The van der Waals surface area contributed by atoms with Gasteiger partial charge in [-0.15, -0.1) is 0 Å². The Morgan fingerprint density at radius 2 is 0.481 bits per heavy atom. The summed E-state index contributed by atoms with van der Waals surface area (Å²) in [5.41, 5.74) is 0. The standard InChI is InChI=1S/C40H48O10S4/c1-2-6-30-29(5-1)37(39-51-33-25-47-21-17-43-13-9-41-10-14-44-18-22-48-26-34(33)52-39)31-7-3-4-8-32(31)38(30)40-53-35-27-49-23-19-45-15-11-42-12-16-46-20-24-50-28-36(35)54-40/h1-8H,9-28H2. The molecule has 0 fully saturated rings. The van der Waals surface area contributed by atoms with E-state index in [1.54, 1.807) is 47.0 Å². The summed E-state index contributed by atoms with van der Waals surface area (Å²) in [7, 11) is 0. The molecule has 4 aliphatic heterocycles. The molecule has 0 amide bonds. The molecule has 14 heteroatoms. The van der Waals surface area contributed by atoms with E-state index in [9.17, 15) is 0 Å². The Morgan fingerprint density at radius 1 is 0.278 bits per heavy atom.